The van der Waals surface area contributed by atoms with Gasteiger partial charge in [-0.2, -0.15) is 0 Å². The van der Waals surface area contributed by atoms with Gasteiger partial charge in [-0.25, -0.2) is 0 Å². The predicted molar refractivity (Wildman–Crippen MR) is 93.1 cm³/mol. The minimum Gasteiger partial charge on any atom is -0.355 e. The van der Waals surface area contributed by atoms with Gasteiger partial charge in [0.15, 0.2) is 0 Å². The second-order valence-electron chi connectivity index (χ2n) is 3.19. The van der Waals surface area contributed by atoms with Crippen LogP contribution in [0.15, 0.2) is 25.3 Å². The second kappa shape index (κ2) is 12.7. The normalized spacial score (nSPS) is 9.58. The first-order valence-electron chi connectivity index (χ1n) is 7.04. The molecule has 0 atom stereocenters. The van der Waals surface area contributed by atoms with Crippen LogP contribution in [0.4, 0.5) is 0 Å². The van der Waals surface area contributed by atoms with E-state index in [9.17, 15) is 0 Å². The second-order valence-corrected chi connectivity index (χ2v) is 3.19. The highest BCUT2D eigenvalue weighted by Gasteiger charge is 2.08. The fourth-order valence-corrected chi connectivity index (χ4v) is 1.60. The lowest BCUT2D eigenvalue weighted by Gasteiger charge is -1.94. The van der Waals surface area contributed by atoms with E-state index in [0.29, 0.717) is 0 Å². The summed E-state index contributed by atoms with van der Waals surface area (Å²) in [4.78, 5) is 3.31. The van der Waals surface area contributed by atoms with Gasteiger partial charge in [0, 0.05) is 22.5 Å². The molecular formula is C18H29N. The zero-order valence-corrected chi connectivity index (χ0v) is 13.4. The van der Waals surface area contributed by atoms with Crippen molar-refractivity contribution in [1.29, 1.82) is 0 Å². The molecule has 1 aromatic rings. The lowest BCUT2D eigenvalue weighted by atomic mass is 10.1. The van der Waals surface area contributed by atoms with E-state index >= 15 is 0 Å². The van der Waals surface area contributed by atoms with Crippen molar-refractivity contribution < 1.29 is 0 Å². The fourth-order valence-electron chi connectivity index (χ4n) is 1.60. The molecule has 0 aliphatic heterocycles. The van der Waals surface area contributed by atoms with Gasteiger partial charge in [-0.05, 0) is 26.0 Å². The lowest BCUT2D eigenvalue weighted by Crippen LogP contribution is -1.77. The van der Waals surface area contributed by atoms with Crippen LogP contribution in [0.25, 0.3) is 24.3 Å². The summed E-state index contributed by atoms with van der Waals surface area (Å²) in [5.74, 6) is 0. The fraction of sp³-hybridized carbons (Fsp3) is 0.333. The molecule has 1 heteroatoms. The first-order valence-corrected chi connectivity index (χ1v) is 7.04. The minimum absolute atomic E-state index is 1.04. The molecule has 0 aliphatic carbocycles. The van der Waals surface area contributed by atoms with E-state index in [-0.39, 0.29) is 0 Å². The van der Waals surface area contributed by atoms with Gasteiger partial charge in [0.25, 0.3) is 0 Å². The Morgan fingerprint density at radius 1 is 0.737 bits per heavy atom. The largest absolute Gasteiger partial charge is 0.355 e. The Morgan fingerprint density at radius 3 is 1.63 bits per heavy atom. The van der Waals surface area contributed by atoms with Crippen molar-refractivity contribution in [2.24, 2.45) is 0 Å². The first-order chi connectivity index (χ1) is 9.28. The van der Waals surface area contributed by atoms with Crippen LogP contribution in [0.3, 0.4) is 0 Å². The van der Waals surface area contributed by atoms with Crippen LogP contribution in [-0.4, -0.2) is 4.98 Å². The molecule has 0 saturated heterocycles. The summed E-state index contributed by atoms with van der Waals surface area (Å²) in [6.07, 6.45) is 11.8. The Labute approximate surface area is 119 Å². The summed E-state index contributed by atoms with van der Waals surface area (Å²) >= 11 is 0. The number of allylic oxidation sites excluding steroid dienone is 2. The standard InChI is InChI=1S/C14H17N.2C2H6/c1-5-9-12-11(7-3)14(10-6-2)15-13(12)8-4;2*1-2/h5-10,15H,3-4H2,1-2H3;2*1-2H3/b9-5-,10-6-;;. The van der Waals surface area contributed by atoms with Crippen molar-refractivity contribution >= 4 is 24.3 Å². The van der Waals surface area contributed by atoms with Crippen LogP contribution in [-0.2, 0) is 0 Å². The van der Waals surface area contributed by atoms with Gasteiger partial charge in [0.05, 0.1) is 0 Å². The van der Waals surface area contributed by atoms with E-state index in [1.54, 1.807) is 0 Å². The third-order valence-electron chi connectivity index (χ3n) is 2.21. The van der Waals surface area contributed by atoms with Crippen LogP contribution in [0.1, 0.15) is 64.1 Å². The molecule has 0 aliphatic rings. The topological polar surface area (TPSA) is 15.8 Å². The number of hydrogen-bond donors (Lipinski definition) is 1. The Bertz CT molecular complexity index is 417. The van der Waals surface area contributed by atoms with Gasteiger partial charge in [-0.1, -0.05) is 65.2 Å². The Balaban J connectivity index is 0. The van der Waals surface area contributed by atoms with E-state index in [0.717, 1.165) is 22.5 Å². The first kappa shape index (κ1) is 19.6. The van der Waals surface area contributed by atoms with Crippen LogP contribution in [0.5, 0.6) is 0 Å². The zero-order chi connectivity index (χ0) is 15.3. The van der Waals surface area contributed by atoms with E-state index < -0.39 is 0 Å². The molecule has 0 bridgehead atoms. The molecule has 0 aromatic carbocycles. The molecule has 106 valence electrons. The molecule has 1 N–H and O–H groups in total. The number of nitrogens with one attached hydrogen (secondary N) is 1. The van der Waals surface area contributed by atoms with Crippen LogP contribution in [0, 0.1) is 0 Å². The minimum atomic E-state index is 1.04. The van der Waals surface area contributed by atoms with Gasteiger partial charge < -0.3 is 4.98 Å². The Kier molecular flexibility index (Phi) is 13.1. The van der Waals surface area contributed by atoms with Gasteiger partial charge in [-0.15, -0.1) is 0 Å². The smallest absolute Gasteiger partial charge is 0.0461 e. The molecular weight excluding hydrogens is 230 g/mol. The van der Waals surface area contributed by atoms with Crippen LogP contribution < -0.4 is 0 Å². The van der Waals surface area contributed by atoms with Crippen molar-refractivity contribution in [3.63, 3.8) is 0 Å². The maximum absolute atomic E-state index is 3.84. The molecule has 0 unspecified atom stereocenters. The molecule has 1 nitrogen and oxygen atoms in total. The summed E-state index contributed by atoms with van der Waals surface area (Å²) < 4.78 is 0. The lowest BCUT2D eigenvalue weighted by molar-refractivity contribution is 1.34. The molecule has 1 aromatic heterocycles. The van der Waals surface area contributed by atoms with Crippen LogP contribution in [0.2, 0.25) is 0 Å². The quantitative estimate of drug-likeness (QED) is 0.642. The average Bonchev–Trinajstić information content (AvgIpc) is 2.81. The maximum Gasteiger partial charge on any atom is 0.0461 e. The molecule has 0 spiro atoms. The van der Waals surface area contributed by atoms with Crippen molar-refractivity contribution in [2.75, 3.05) is 0 Å². The zero-order valence-electron chi connectivity index (χ0n) is 13.4. The third-order valence-corrected chi connectivity index (χ3v) is 2.21. The number of aromatic nitrogens is 1. The highest BCUT2D eigenvalue weighted by molar-refractivity contribution is 5.78. The molecule has 19 heavy (non-hydrogen) atoms. The summed E-state index contributed by atoms with van der Waals surface area (Å²) in [7, 11) is 0. The Morgan fingerprint density at radius 2 is 1.26 bits per heavy atom. The van der Waals surface area contributed by atoms with Crippen molar-refractivity contribution in [3.05, 3.63) is 47.8 Å². The van der Waals surface area contributed by atoms with E-state index in [2.05, 4.69) is 24.2 Å². The number of H-pyrrole nitrogens is 1. The summed E-state index contributed by atoms with van der Waals surface area (Å²) in [6.45, 7) is 19.6. The van der Waals surface area contributed by atoms with Gasteiger partial charge in [-0.3, -0.25) is 0 Å². The molecule has 0 saturated carbocycles. The number of aromatic amines is 1. The molecule has 0 fully saturated rings. The van der Waals surface area contributed by atoms with Gasteiger partial charge >= 0.3 is 0 Å². The highest BCUT2D eigenvalue weighted by Crippen LogP contribution is 2.24. The van der Waals surface area contributed by atoms with Crippen molar-refractivity contribution in [3.8, 4) is 0 Å². The summed E-state index contributed by atoms with van der Waals surface area (Å²) in [5, 5.41) is 0. The SMILES string of the molecule is C=Cc1[nH]c(/C=C\C)c(C=C)c1/C=C\C.CC.CC. The van der Waals surface area contributed by atoms with E-state index in [4.69, 9.17) is 0 Å². The van der Waals surface area contributed by atoms with Gasteiger partial charge in [0.2, 0.25) is 0 Å². The predicted octanol–water partition coefficient (Wildman–Crippen LogP) is 6.42. The van der Waals surface area contributed by atoms with Gasteiger partial charge in [0.1, 0.15) is 0 Å². The molecule has 1 heterocycles. The summed E-state index contributed by atoms with van der Waals surface area (Å²) in [6, 6.07) is 0. The number of rotatable bonds is 4. The highest BCUT2D eigenvalue weighted by atomic mass is 14.7. The van der Waals surface area contributed by atoms with E-state index in [1.807, 2.05) is 71.9 Å². The van der Waals surface area contributed by atoms with E-state index in [1.165, 1.54) is 0 Å². The molecule has 1 rings (SSSR count). The van der Waals surface area contributed by atoms with Crippen molar-refractivity contribution in [1.82, 2.24) is 4.98 Å². The number of hydrogen-bond acceptors (Lipinski definition) is 0. The Hall–Kier alpha value is -1.76. The third kappa shape index (κ3) is 5.60. The van der Waals surface area contributed by atoms with Crippen LogP contribution >= 0.6 is 0 Å². The maximum atomic E-state index is 3.84. The molecule has 0 amide bonds. The van der Waals surface area contributed by atoms with Crippen molar-refractivity contribution in [2.45, 2.75) is 41.5 Å². The monoisotopic (exact) mass is 259 g/mol. The molecule has 0 radical (unpaired) electrons. The summed E-state index contributed by atoms with van der Waals surface area (Å²) in [5.41, 5.74) is 4.39. The average molecular weight is 259 g/mol.